The molecule has 26 heavy (non-hydrogen) atoms. The molecule has 0 atom stereocenters. The lowest BCUT2D eigenvalue weighted by atomic mass is 10.0. The number of rotatable bonds is 4. The number of aryl methyl sites for hydroxylation is 2. The number of aromatic nitrogens is 2. The summed E-state index contributed by atoms with van der Waals surface area (Å²) in [6, 6.07) is 7.30. The third kappa shape index (κ3) is 3.03. The SMILES string of the molecule is Cc1noc(C)c1-c1cc(S(=O)(=O)CC2CCCC2)c2cccnc2c1. The summed E-state index contributed by atoms with van der Waals surface area (Å²) in [5.41, 5.74) is 3.05. The fraction of sp³-hybridized carbons (Fsp3) is 0.400. The molecule has 3 aromatic rings. The van der Waals surface area contributed by atoms with Crippen molar-refractivity contribution in [2.45, 2.75) is 44.4 Å². The first-order chi connectivity index (χ1) is 12.5. The molecular formula is C20H22N2O3S. The Hall–Kier alpha value is -2.21. The van der Waals surface area contributed by atoms with Crippen LogP contribution in [0.1, 0.15) is 37.1 Å². The number of sulfone groups is 1. The predicted molar refractivity (Wildman–Crippen MR) is 101 cm³/mol. The monoisotopic (exact) mass is 370 g/mol. The van der Waals surface area contributed by atoms with Crippen molar-refractivity contribution in [3.05, 3.63) is 41.9 Å². The summed E-state index contributed by atoms with van der Waals surface area (Å²) in [4.78, 5) is 4.77. The van der Waals surface area contributed by atoms with E-state index in [1.807, 2.05) is 26.0 Å². The number of benzene rings is 1. The van der Waals surface area contributed by atoms with Gasteiger partial charge in [0.25, 0.3) is 0 Å². The molecule has 2 heterocycles. The van der Waals surface area contributed by atoms with Gasteiger partial charge in [0, 0.05) is 17.1 Å². The molecule has 1 saturated carbocycles. The zero-order valence-electron chi connectivity index (χ0n) is 15.0. The number of hydrogen-bond acceptors (Lipinski definition) is 5. The van der Waals surface area contributed by atoms with Crippen LogP contribution >= 0.6 is 0 Å². The Labute approximate surface area is 153 Å². The smallest absolute Gasteiger partial charge is 0.179 e. The molecule has 1 fully saturated rings. The molecule has 1 aromatic carbocycles. The van der Waals surface area contributed by atoms with Crippen LogP contribution < -0.4 is 0 Å². The van der Waals surface area contributed by atoms with Crippen molar-refractivity contribution >= 4 is 20.7 Å². The lowest BCUT2D eigenvalue weighted by molar-refractivity contribution is 0.393. The summed E-state index contributed by atoms with van der Waals surface area (Å²) in [6.45, 7) is 3.70. The Bertz CT molecular complexity index is 1040. The molecule has 5 nitrogen and oxygen atoms in total. The summed E-state index contributed by atoms with van der Waals surface area (Å²) < 4.78 is 31.7. The largest absolute Gasteiger partial charge is 0.361 e. The van der Waals surface area contributed by atoms with Crippen LogP contribution in [-0.4, -0.2) is 24.3 Å². The quantitative estimate of drug-likeness (QED) is 0.677. The highest BCUT2D eigenvalue weighted by Gasteiger charge is 2.27. The van der Waals surface area contributed by atoms with Gasteiger partial charge in [-0.25, -0.2) is 8.42 Å². The molecule has 2 aromatic heterocycles. The highest BCUT2D eigenvalue weighted by Crippen LogP contribution is 2.35. The van der Waals surface area contributed by atoms with E-state index < -0.39 is 9.84 Å². The van der Waals surface area contributed by atoms with Gasteiger partial charge in [0.2, 0.25) is 0 Å². The van der Waals surface area contributed by atoms with E-state index in [-0.39, 0.29) is 11.7 Å². The third-order valence-corrected chi connectivity index (χ3v) is 7.19. The van der Waals surface area contributed by atoms with Crippen LogP contribution in [0.15, 0.2) is 39.9 Å². The second-order valence-corrected chi connectivity index (χ2v) is 9.18. The van der Waals surface area contributed by atoms with Crippen molar-refractivity contribution in [1.82, 2.24) is 10.1 Å². The lowest BCUT2D eigenvalue weighted by Crippen LogP contribution is -2.14. The molecule has 0 bridgehead atoms. The van der Waals surface area contributed by atoms with E-state index in [9.17, 15) is 8.42 Å². The molecule has 1 aliphatic rings. The second-order valence-electron chi connectivity index (χ2n) is 7.18. The molecule has 1 aliphatic carbocycles. The van der Waals surface area contributed by atoms with Gasteiger partial charge in [-0.2, -0.15) is 0 Å². The summed E-state index contributed by atoms with van der Waals surface area (Å²) in [6.07, 6.45) is 5.94. The molecule has 6 heteroatoms. The molecule has 0 aliphatic heterocycles. The summed E-state index contributed by atoms with van der Waals surface area (Å²) in [7, 11) is -3.40. The normalized spacial score (nSPS) is 15.8. The zero-order chi connectivity index (χ0) is 18.3. The van der Waals surface area contributed by atoms with Gasteiger partial charge in [0.1, 0.15) is 5.76 Å². The molecule has 0 N–H and O–H groups in total. The fourth-order valence-electron chi connectivity index (χ4n) is 4.02. The average Bonchev–Trinajstić information content (AvgIpc) is 3.23. The number of pyridine rings is 1. The number of hydrogen-bond donors (Lipinski definition) is 0. The van der Waals surface area contributed by atoms with Crippen LogP contribution in [0.2, 0.25) is 0 Å². The van der Waals surface area contributed by atoms with Gasteiger partial charge in [0.05, 0.1) is 21.9 Å². The van der Waals surface area contributed by atoms with Crippen LogP contribution in [0.25, 0.3) is 22.0 Å². The van der Waals surface area contributed by atoms with Crippen molar-refractivity contribution in [1.29, 1.82) is 0 Å². The van der Waals surface area contributed by atoms with E-state index in [2.05, 4.69) is 10.1 Å². The minimum atomic E-state index is -3.40. The molecule has 0 saturated heterocycles. The van der Waals surface area contributed by atoms with Crippen LogP contribution in [-0.2, 0) is 9.84 Å². The van der Waals surface area contributed by atoms with Gasteiger partial charge in [0.15, 0.2) is 9.84 Å². The fourth-order valence-corrected chi connectivity index (χ4v) is 5.97. The van der Waals surface area contributed by atoms with E-state index in [4.69, 9.17) is 4.52 Å². The third-order valence-electron chi connectivity index (χ3n) is 5.27. The summed E-state index contributed by atoms with van der Waals surface area (Å²) >= 11 is 0. The van der Waals surface area contributed by atoms with Crippen LogP contribution in [0.4, 0.5) is 0 Å². The van der Waals surface area contributed by atoms with Gasteiger partial charge in [-0.15, -0.1) is 0 Å². The van der Waals surface area contributed by atoms with E-state index in [1.54, 1.807) is 18.3 Å². The van der Waals surface area contributed by atoms with Crippen molar-refractivity contribution in [2.24, 2.45) is 5.92 Å². The first-order valence-corrected chi connectivity index (χ1v) is 10.7. The van der Waals surface area contributed by atoms with Crippen molar-refractivity contribution in [3.8, 4) is 11.1 Å². The van der Waals surface area contributed by atoms with Crippen LogP contribution in [0, 0.1) is 19.8 Å². The Morgan fingerprint density at radius 2 is 1.96 bits per heavy atom. The van der Waals surface area contributed by atoms with E-state index in [1.165, 1.54) is 0 Å². The molecule has 136 valence electrons. The van der Waals surface area contributed by atoms with Crippen molar-refractivity contribution in [2.75, 3.05) is 5.75 Å². The molecular weight excluding hydrogens is 348 g/mol. The minimum Gasteiger partial charge on any atom is -0.361 e. The van der Waals surface area contributed by atoms with Crippen molar-refractivity contribution in [3.63, 3.8) is 0 Å². The highest BCUT2D eigenvalue weighted by atomic mass is 32.2. The van der Waals surface area contributed by atoms with E-state index in [0.717, 1.165) is 42.5 Å². The number of fused-ring (bicyclic) bond motifs is 1. The Kier molecular flexibility index (Phi) is 4.31. The molecule has 0 amide bonds. The number of nitrogens with zero attached hydrogens (tertiary/aromatic N) is 2. The minimum absolute atomic E-state index is 0.210. The highest BCUT2D eigenvalue weighted by molar-refractivity contribution is 7.91. The van der Waals surface area contributed by atoms with Crippen molar-refractivity contribution < 1.29 is 12.9 Å². The second kappa shape index (κ2) is 6.50. The summed E-state index contributed by atoms with van der Waals surface area (Å²) in [5.74, 6) is 1.15. The Morgan fingerprint density at radius 1 is 1.19 bits per heavy atom. The topological polar surface area (TPSA) is 73.1 Å². The van der Waals surface area contributed by atoms with Gasteiger partial charge >= 0.3 is 0 Å². The maximum absolute atomic E-state index is 13.2. The van der Waals surface area contributed by atoms with Gasteiger partial charge in [-0.05, 0) is 62.4 Å². The maximum Gasteiger partial charge on any atom is 0.179 e. The Balaban J connectivity index is 1.90. The Morgan fingerprint density at radius 3 is 2.65 bits per heavy atom. The summed E-state index contributed by atoms with van der Waals surface area (Å²) in [5, 5.41) is 4.68. The van der Waals surface area contributed by atoms with Gasteiger partial charge in [-0.1, -0.05) is 18.0 Å². The van der Waals surface area contributed by atoms with Crippen LogP contribution in [0.5, 0.6) is 0 Å². The zero-order valence-corrected chi connectivity index (χ0v) is 15.8. The van der Waals surface area contributed by atoms with Gasteiger partial charge < -0.3 is 4.52 Å². The lowest BCUT2D eigenvalue weighted by Gasteiger charge is -2.14. The molecule has 0 spiro atoms. The first-order valence-electron chi connectivity index (χ1n) is 9.00. The predicted octanol–water partition coefficient (Wildman–Crippen LogP) is 4.47. The van der Waals surface area contributed by atoms with E-state index in [0.29, 0.717) is 21.6 Å². The van der Waals surface area contributed by atoms with Crippen LogP contribution in [0.3, 0.4) is 0 Å². The maximum atomic E-state index is 13.2. The molecule has 0 radical (unpaired) electrons. The standard InChI is InChI=1S/C20H22N2O3S/c1-13-20(14(2)25-22-13)16-10-18-17(8-5-9-21-18)19(11-16)26(23,24)12-15-6-3-4-7-15/h5,8-11,15H,3-4,6-7,12H2,1-2H3. The van der Waals surface area contributed by atoms with Gasteiger partial charge in [-0.3, -0.25) is 4.98 Å². The average molecular weight is 370 g/mol. The first kappa shape index (κ1) is 17.2. The van der Waals surface area contributed by atoms with E-state index >= 15 is 0 Å². The molecule has 0 unspecified atom stereocenters. The molecule has 4 rings (SSSR count).